The van der Waals surface area contributed by atoms with E-state index in [-0.39, 0.29) is 10.8 Å². The SMILES string of the molecule is CCCCCCCCC1(CCCCCC)c2cc(Br)ccc2-c2cc3c(cc21)-c1ccc(Br)cc1C3(CCCCCCCC)CCCCCCCC. The molecule has 0 fully saturated rings. The van der Waals surface area contributed by atoms with Crippen molar-refractivity contribution < 1.29 is 0 Å². The number of hydrogen-bond donors (Lipinski definition) is 0. The third-order valence-corrected chi connectivity index (χ3v) is 14.1. The molecule has 0 aromatic heterocycles. The molecule has 0 aliphatic heterocycles. The molecule has 0 saturated carbocycles. The number of hydrogen-bond acceptors (Lipinski definition) is 0. The molecule has 2 aliphatic carbocycles. The Morgan fingerprint density at radius 3 is 0.923 bits per heavy atom. The van der Waals surface area contributed by atoms with Crippen LogP contribution in [0.1, 0.15) is 217 Å². The Bertz CT molecular complexity index is 1520. The maximum atomic E-state index is 3.97. The quantitative estimate of drug-likeness (QED) is 0.0707. The van der Waals surface area contributed by atoms with E-state index in [0.717, 1.165) is 0 Å². The van der Waals surface area contributed by atoms with Gasteiger partial charge >= 0.3 is 0 Å². The van der Waals surface area contributed by atoms with Crippen LogP contribution in [0.25, 0.3) is 22.3 Å². The summed E-state index contributed by atoms with van der Waals surface area (Å²) >= 11 is 7.93. The molecule has 0 spiro atoms. The van der Waals surface area contributed by atoms with Crippen LogP contribution < -0.4 is 0 Å². The van der Waals surface area contributed by atoms with E-state index in [1.54, 1.807) is 33.4 Å². The van der Waals surface area contributed by atoms with Gasteiger partial charge in [0.15, 0.2) is 0 Å². The number of halogens is 2. The number of fused-ring (bicyclic) bond motifs is 6. The van der Waals surface area contributed by atoms with Crippen LogP contribution >= 0.6 is 31.9 Å². The van der Waals surface area contributed by atoms with E-state index in [1.807, 2.05) is 0 Å². The highest BCUT2D eigenvalue weighted by Crippen LogP contribution is 2.61. The standard InChI is InChI=1S/C50H72Br2/c1-5-9-13-17-20-24-32-49(31-23-16-12-8-4)45-35-39(51)27-29-41(45)43-38-48-44(37-47(43)49)42-30-28-40(52)36-46(42)50(48,33-25-21-18-14-10-6-2)34-26-22-19-15-11-7-3/h27-30,35-38H,5-26,31-34H2,1-4H3. The minimum atomic E-state index is 0.0974. The van der Waals surface area contributed by atoms with Crippen molar-refractivity contribution in [1.29, 1.82) is 0 Å². The molecule has 0 heterocycles. The summed E-state index contributed by atoms with van der Waals surface area (Å²) in [5.41, 5.74) is 12.9. The van der Waals surface area contributed by atoms with Crippen LogP contribution in [0.2, 0.25) is 0 Å². The molecule has 0 nitrogen and oxygen atoms in total. The van der Waals surface area contributed by atoms with Crippen molar-refractivity contribution in [1.82, 2.24) is 0 Å². The Morgan fingerprint density at radius 2 is 0.596 bits per heavy atom. The van der Waals surface area contributed by atoms with Crippen LogP contribution in [-0.2, 0) is 10.8 Å². The van der Waals surface area contributed by atoms with E-state index in [1.165, 1.54) is 187 Å². The summed E-state index contributed by atoms with van der Waals surface area (Å²) in [6.45, 7) is 9.36. The lowest BCUT2D eigenvalue weighted by Crippen LogP contribution is -2.27. The van der Waals surface area contributed by atoms with Gasteiger partial charge in [-0.1, -0.05) is 213 Å². The smallest absolute Gasteiger partial charge is 0.0215 e. The van der Waals surface area contributed by atoms with Gasteiger partial charge in [0, 0.05) is 19.8 Å². The molecule has 3 aromatic rings. The number of unbranched alkanes of at least 4 members (excludes halogenated alkanes) is 18. The molecule has 2 heteroatoms. The van der Waals surface area contributed by atoms with E-state index in [4.69, 9.17) is 0 Å². The molecule has 0 bridgehead atoms. The molecule has 1 atom stereocenters. The summed E-state index contributed by atoms with van der Waals surface area (Å²) < 4.78 is 2.48. The first-order valence-electron chi connectivity index (χ1n) is 22.3. The van der Waals surface area contributed by atoms with Crippen LogP contribution in [0, 0.1) is 0 Å². The Balaban J connectivity index is 1.61. The molecule has 0 amide bonds. The minimum absolute atomic E-state index is 0.0974. The molecular formula is C50H72Br2. The van der Waals surface area contributed by atoms with Crippen LogP contribution in [0.3, 0.4) is 0 Å². The summed E-state index contributed by atoms with van der Waals surface area (Å²) in [6, 6.07) is 20.2. The summed E-state index contributed by atoms with van der Waals surface area (Å²) in [5, 5.41) is 0. The van der Waals surface area contributed by atoms with Crippen LogP contribution in [0.15, 0.2) is 57.5 Å². The van der Waals surface area contributed by atoms with E-state index in [9.17, 15) is 0 Å². The highest BCUT2D eigenvalue weighted by Gasteiger charge is 2.47. The lowest BCUT2D eigenvalue weighted by molar-refractivity contribution is 0.395. The van der Waals surface area contributed by atoms with Gasteiger partial charge in [0.1, 0.15) is 0 Å². The van der Waals surface area contributed by atoms with Gasteiger partial charge in [-0.05, 0) is 107 Å². The van der Waals surface area contributed by atoms with Gasteiger partial charge in [-0.15, -0.1) is 0 Å². The van der Waals surface area contributed by atoms with Gasteiger partial charge in [0.2, 0.25) is 0 Å². The van der Waals surface area contributed by atoms with Crippen molar-refractivity contribution in [3.8, 4) is 22.3 Å². The lowest BCUT2D eigenvalue weighted by Gasteiger charge is -2.35. The Hall–Kier alpha value is -1.38. The molecule has 3 aromatic carbocycles. The monoisotopic (exact) mass is 830 g/mol. The third kappa shape index (κ3) is 9.70. The molecule has 2 aliphatic rings. The maximum absolute atomic E-state index is 3.97. The Morgan fingerprint density at radius 1 is 0.327 bits per heavy atom. The van der Waals surface area contributed by atoms with E-state index >= 15 is 0 Å². The van der Waals surface area contributed by atoms with Crippen LogP contribution in [-0.4, -0.2) is 0 Å². The van der Waals surface area contributed by atoms with Gasteiger partial charge in [-0.3, -0.25) is 0 Å². The van der Waals surface area contributed by atoms with Crippen molar-refractivity contribution >= 4 is 31.9 Å². The Kier molecular flexibility index (Phi) is 16.9. The second kappa shape index (κ2) is 21.1. The predicted octanol–water partition coefficient (Wildman–Crippen LogP) is 18.0. The summed E-state index contributed by atoms with van der Waals surface area (Å²) in [5.74, 6) is 0. The molecule has 5 rings (SSSR count). The highest BCUT2D eigenvalue weighted by molar-refractivity contribution is 9.10. The van der Waals surface area contributed by atoms with Crippen molar-refractivity contribution in [2.45, 2.75) is 205 Å². The first-order chi connectivity index (χ1) is 25.5. The van der Waals surface area contributed by atoms with E-state index in [0.29, 0.717) is 0 Å². The van der Waals surface area contributed by atoms with Crippen molar-refractivity contribution in [3.63, 3.8) is 0 Å². The molecular weight excluding hydrogens is 760 g/mol. The predicted molar refractivity (Wildman–Crippen MR) is 237 cm³/mol. The third-order valence-electron chi connectivity index (χ3n) is 13.1. The molecule has 286 valence electrons. The normalized spacial score (nSPS) is 16.6. The van der Waals surface area contributed by atoms with Crippen molar-refractivity contribution in [2.75, 3.05) is 0 Å². The topological polar surface area (TPSA) is 0 Å². The zero-order chi connectivity index (χ0) is 36.8. The van der Waals surface area contributed by atoms with Gasteiger partial charge in [-0.25, -0.2) is 0 Å². The van der Waals surface area contributed by atoms with Crippen molar-refractivity contribution in [2.24, 2.45) is 0 Å². The average molecular weight is 833 g/mol. The molecule has 0 N–H and O–H groups in total. The number of benzene rings is 3. The van der Waals surface area contributed by atoms with Gasteiger partial charge in [-0.2, -0.15) is 0 Å². The molecule has 1 unspecified atom stereocenters. The fourth-order valence-electron chi connectivity index (χ4n) is 10.2. The van der Waals surface area contributed by atoms with E-state index < -0.39 is 0 Å². The van der Waals surface area contributed by atoms with Crippen LogP contribution in [0.4, 0.5) is 0 Å². The first-order valence-corrected chi connectivity index (χ1v) is 23.8. The zero-order valence-electron chi connectivity index (χ0n) is 33.8. The lowest BCUT2D eigenvalue weighted by atomic mass is 9.68. The van der Waals surface area contributed by atoms with Gasteiger partial charge in [0.25, 0.3) is 0 Å². The fraction of sp³-hybridized carbons (Fsp3) is 0.640. The molecule has 0 radical (unpaired) electrons. The van der Waals surface area contributed by atoms with E-state index in [2.05, 4.69) is 108 Å². The average Bonchev–Trinajstić information content (AvgIpc) is 3.55. The summed E-state index contributed by atoms with van der Waals surface area (Å²) in [4.78, 5) is 0. The molecule has 0 saturated heterocycles. The number of rotatable bonds is 26. The molecule has 52 heavy (non-hydrogen) atoms. The second-order valence-corrected chi connectivity index (χ2v) is 18.7. The van der Waals surface area contributed by atoms with Crippen molar-refractivity contribution in [3.05, 3.63) is 79.7 Å². The minimum Gasteiger partial charge on any atom is -0.0654 e. The Labute approximate surface area is 337 Å². The maximum Gasteiger partial charge on any atom is 0.0215 e. The summed E-state index contributed by atoms with van der Waals surface area (Å²) in [7, 11) is 0. The summed E-state index contributed by atoms with van der Waals surface area (Å²) in [6.07, 6.45) is 34.8. The first kappa shape index (κ1) is 41.8. The highest BCUT2D eigenvalue weighted by atomic mass is 79.9. The van der Waals surface area contributed by atoms with Gasteiger partial charge < -0.3 is 0 Å². The second-order valence-electron chi connectivity index (χ2n) is 16.9. The fourth-order valence-corrected chi connectivity index (χ4v) is 10.9. The van der Waals surface area contributed by atoms with Crippen LogP contribution in [0.5, 0.6) is 0 Å². The largest absolute Gasteiger partial charge is 0.0654 e. The van der Waals surface area contributed by atoms with Gasteiger partial charge in [0.05, 0.1) is 0 Å². The zero-order valence-corrected chi connectivity index (χ0v) is 36.9.